The lowest BCUT2D eigenvalue weighted by Crippen LogP contribution is -2.44. The SMILES string of the molecule is CC(=O)NC1CCN(c2cc(NC(=O)c3ccc(C(C)(C)O)nc3)nc3cc(C)nn23)CC1. The lowest BCUT2D eigenvalue weighted by Gasteiger charge is -2.33. The molecule has 0 radical (unpaired) electrons. The third-order valence-electron chi connectivity index (χ3n) is 5.65. The molecule has 2 amide bonds. The smallest absolute Gasteiger partial charge is 0.258 e. The van der Waals surface area contributed by atoms with Crippen LogP contribution >= 0.6 is 0 Å². The quantitative estimate of drug-likeness (QED) is 0.542. The maximum absolute atomic E-state index is 12.8. The molecule has 174 valence electrons. The standard InChI is InChI=1S/C23H29N7O3/c1-14-11-20-26-19(27-22(32)16-5-6-18(24-13-16)23(3,4)33)12-21(30(20)28-14)29-9-7-17(8-10-29)25-15(2)31/h5-6,11-13,17,33H,7-10H2,1-4H3,(H,25,31)(H,26,27,32). The van der Waals surface area contributed by atoms with E-state index in [1.807, 2.05) is 19.1 Å². The second-order valence-electron chi connectivity index (χ2n) is 8.96. The monoisotopic (exact) mass is 451 g/mol. The summed E-state index contributed by atoms with van der Waals surface area (Å²) in [6, 6.07) is 7.10. The molecular formula is C23H29N7O3. The Kier molecular flexibility index (Phi) is 6.03. The summed E-state index contributed by atoms with van der Waals surface area (Å²) in [6.07, 6.45) is 3.09. The van der Waals surface area contributed by atoms with E-state index in [9.17, 15) is 14.7 Å². The Hall–Kier alpha value is -3.53. The summed E-state index contributed by atoms with van der Waals surface area (Å²) in [4.78, 5) is 35.1. The number of aromatic nitrogens is 4. The first-order valence-corrected chi connectivity index (χ1v) is 11.0. The van der Waals surface area contributed by atoms with E-state index in [1.165, 1.54) is 13.1 Å². The summed E-state index contributed by atoms with van der Waals surface area (Å²) in [6.45, 7) is 8.21. The van der Waals surface area contributed by atoms with E-state index in [0.29, 0.717) is 22.7 Å². The summed E-state index contributed by atoms with van der Waals surface area (Å²) in [5.74, 6) is 0.892. The number of aryl methyl sites for hydroxylation is 1. The molecule has 1 aliphatic heterocycles. The van der Waals surface area contributed by atoms with Gasteiger partial charge in [-0.25, -0.2) is 4.98 Å². The fourth-order valence-corrected chi connectivity index (χ4v) is 3.98. The number of nitrogens with one attached hydrogen (secondary N) is 2. The van der Waals surface area contributed by atoms with Crippen LogP contribution in [-0.2, 0) is 10.4 Å². The van der Waals surface area contributed by atoms with Gasteiger partial charge < -0.3 is 20.6 Å². The maximum Gasteiger partial charge on any atom is 0.258 e. The van der Waals surface area contributed by atoms with Crippen molar-refractivity contribution in [1.29, 1.82) is 0 Å². The van der Waals surface area contributed by atoms with Crippen LogP contribution in [0.2, 0.25) is 0 Å². The Morgan fingerprint density at radius 2 is 1.91 bits per heavy atom. The first-order chi connectivity index (χ1) is 15.6. The molecule has 1 saturated heterocycles. The lowest BCUT2D eigenvalue weighted by atomic mass is 10.0. The van der Waals surface area contributed by atoms with Gasteiger partial charge in [0.15, 0.2) is 5.65 Å². The van der Waals surface area contributed by atoms with Crippen molar-refractivity contribution in [3.05, 3.63) is 47.4 Å². The number of carbonyl (C=O) groups excluding carboxylic acids is 2. The zero-order chi connectivity index (χ0) is 23.8. The number of hydrogen-bond donors (Lipinski definition) is 3. The number of aliphatic hydroxyl groups is 1. The van der Waals surface area contributed by atoms with Crippen LogP contribution in [0, 0.1) is 6.92 Å². The Balaban J connectivity index is 1.56. The third kappa shape index (κ3) is 5.11. The van der Waals surface area contributed by atoms with Crippen LogP contribution in [0.5, 0.6) is 0 Å². The number of hydrogen-bond acceptors (Lipinski definition) is 7. The van der Waals surface area contributed by atoms with E-state index in [2.05, 4.69) is 30.6 Å². The number of piperidine rings is 1. The molecule has 4 rings (SSSR count). The van der Waals surface area contributed by atoms with Crippen molar-refractivity contribution < 1.29 is 14.7 Å². The Morgan fingerprint density at radius 3 is 2.52 bits per heavy atom. The zero-order valence-corrected chi connectivity index (χ0v) is 19.3. The molecule has 0 aliphatic carbocycles. The Morgan fingerprint density at radius 1 is 1.18 bits per heavy atom. The molecule has 33 heavy (non-hydrogen) atoms. The number of anilines is 2. The normalized spacial score (nSPS) is 15.0. The lowest BCUT2D eigenvalue weighted by molar-refractivity contribution is -0.119. The van der Waals surface area contributed by atoms with Crippen LogP contribution in [0.25, 0.3) is 5.65 Å². The largest absolute Gasteiger partial charge is 0.384 e. The van der Waals surface area contributed by atoms with E-state index in [-0.39, 0.29) is 17.9 Å². The van der Waals surface area contributed by atoms with Crippen LogP contribution in [0.1, 0.15) is 55.4 Å². The molecule has 1 fully saturated rings. The fourth-order valence-electron chi connectivity index (χ4n) is 3.98. The van der Waals surface area contributed by atoms with Gasteiger partial charge in [0.25, 0.3) is 5.91 Å². The van der Waals surface area contributed by atoms with Gasteiger partial charge in [0.1, 0.15) is 17.2 Å². The molecule has 4 heterocycles. The molecule has 0 aromatic carbocycles. The van der Waals surface area contributed by atoms with Gasteiger partial charge >= 0.3 is 0 Å². The number of fused-ring (bicyclic) bond motifs is 1. The zero-order valence-electron chi connectivity index (χ0n) is 19.3. The second-order valence-corrected chi connectivity index (χ2v) is 8.96. The van der Waals surface area contributed by atoms with Crippen molar-refractivity contribution in [2.45, 2.75) is 52.2 Å². The van der Waals surface area contributed by atoms with Gasteiger partial charge in [0, 0.05) is 44.4 Å². The molecule has 0 atom stereocenters. The predicted molar refractivity (Wildman–Crippen MR) is 124 cm³/mol. The van der Waals surface area contributed by atoms with E-state index < -0.39 is 5.60 Å². The number of rotatable bonds is 5. The molecular weight excluding hydrogens is 422 g/mol. The Bertz CT molecular complexity index is 1170. The highest BCUT2D eigenvalue weighted by molar-refractivity contribution is 6.03. The minimum Gasteiger partial charge on any atom is -0.384 e. The van der Waals surface area contributed by atoms with Gasteiger partial charge in [-0.15, -0.1) is 0 Å². The first kappa shape index (κ1) is 22.7. The van der Waals surface area contributed by atoms with Gasteiger partial charge in [-0.05, 0) is 45.7 Å². The van der Waals surface area contributed by atoms with Gasteiger partial charge in [-0.2, -0.15) is 9.61 Å². The summed E-state index contributed by atoms with van der Waals surface area (Å²) in [5.41, 5.74) is 1.24. The van der Waals surface area contributed by atoms with Gasteiger partial charge in [0.2, 0.25) is 5.91 Å². The average Bonchev–Trinajstić information content (AvgIpc) is 3.13. The van der Waals surface area contributed by atoms with Crippen molar-refractivity contribution >= 4 is 29.1 Å². The predicted octanol–water partition coefficient (Wildman–Crippen LogP) is 2.02. The van der Waals surface area contributed by atoms with Gasteiger partial charge in [-0.1, -0.05) is 0 Å². The molecule has 0 bridgehead atoms. The summed E-state index contributed by atoms with van der Waals surface area (Å²) in [7, 11) is 0. The highest BCUT2D eigenvalue weighted by Crippen LogP contribution is 2.25. The first-order valence-electron chi connectivity index (χ1n) is 11.0. The molecule has 1 aliphatic rings. The number of carbonyl (C=O) groups is 2. The maximum atomic E-state index is 12.8. The minimum atomic E-state index is -1.08. The van der Waals surface area contributed by atoms with Crippen LogP contribution in [0.4, 0.5) is 11.6 Å². The molecule has 0 spiro atoms. The molecule has 3 aromatic heterocycles. The molecule has 3 N–H and O–H groups in total. The highest BCUT2D eigenvalue weighted by Gasteiger charge is 2.23. The summed E-state index contributed by atoms with van der Waals surface area (Å²) in [5, 5.41) is 20.5. The topological polar surface area (TPSA) is 125 Å². The van der Waals surface area contributed by atoms with E-state index in [0.717, 1.165) is 37.4 Å². The van der Waals surface area contributed by atoms with Gasteiger partial charge in [-0.3, -0.25) is 14.6 Å². The number of nitrogens with zero attached hydrogens (tertiary/aromatic N) is 5. The van der Waals surface area contributed by atoms with Crippen molar-refractivity contribution in [2.75, 3.05) is 23.3 Å². The van der Waals surface area contributed by atoms with E-state index in [4.69, 9.17) is 0 Å². The summed E-state index contributed by atoms with van der Waals surface area (Å²) >= 11 is 0. The van der Waals surface area contributed by atoms with Crippen LogP contribution in [0.3, 0.4) is 0 Å². The van der Waals surface area contributed by atoms with E-state index >= 15 is 0 Å². The third-order valence-corrected chi connectivity index (χ3v) is 5.65. The van der Waals surface area contributed by atoms with Crippen molar-refractivity contribution in [3.8, 4) is 0 Å². The number of amides is 2. The average molecular weight is 452 g/mol. The molecule has 0 unspecified atom stereocenters. The van der Waals surface area contributed by atoms with Crippen molar-refractivity contribution in [1.82, 2.24) is 24.9 Å². The van der Waals surface area contributed by atoms with E-state index in [1.54, 1.807) is 30.5 Å². The second kappa shape index (κ2) is 8.78. The highest BCUT2D eigenvalue weighted by atomic mass is 16.3. The van der Waals surface area contributed by atoms with Crippen molar-refractivity contribution in [2.24, 2.45) is 0 Å². The molecule has 10 heteroatoms. The van der Waals surface area contributed by atoms with Gasteiger partial charge in [0.05, 0.1) is 17.0 Å². The number of pyridine rings is 1. The fraction of sp³-hybridized carbons (Fsp3) is 0.435. The summed E-state index contributed by atoms with van der Waals surface area (Å²) < 4.78 is 1.78. The molecule has 10 nitrogen and oxygen atoms in total. The van der Waals surface area contributed by atoms with Crippen molar-refractivity contribution in [3.63, 3.8) is 0 Å². The van der Waals surface area contributed by atoms with Crippen LogP contribution in [0.15, 0.2) is 30.5 Å². The van der Waals surface area contributed by atoms with Crippen LogP contribution in [-0.4, -0.2) is 55.6 Å². The molecule has 3 aromatic rings. The van der Waals surface area contributed by atoms with Crippen LogP contribution < -0.4 is 15.5 Å². The minimum absolute atomic E-state index is 0.0162. The molecule has 0 saturated carbocycles. The Labute approximate surface area is 192 Å².